The average molecular weight is 455 g/mol. The zero-order valence-corrected chi connectivity index (χ0v) is 19.5. The predicted octanol–water partition coefficient (Wildman–Crippen LogP) is 5.43. The molecule has 0 radical (unpaired) electrons. The van der Waals surface area contributed by atoms with Gasteiger partial charge in [-0.1, -0.05) is 25.3 Å². The number of fused-ring (bicyclic) bond motifs is 2. The molecule has 1 aliphatic heterocycles. The number of ether oxygens (including phenoxy) is 1. The number of hydrogen-bond acceptors (Lipinski definition) is 5. The summed E-state index contributed by atoms with van der Waals surface area (Å²) in [6.07, 6.45) is 12.6. The second-order valence-electron chi connectivity index (χ2n) is 9.58. The third kappa shape index (κ3) is 3.82. The number of nitriles is 1. The van der Waals surface area contributed by atoms with Crippen molar-refractivity contribution in [2.24, 2.45) is 0 Å². The van der Waals surface area contributed by atoms with Crippen LogP contribution in [0.3, 0.4) is 0 Å². The molecule has 1 saturated carbocycles. The highest BCUT2D eigenvalue weighted by atomic mass is 16.5. The van der Waals surface area contributed by atoms with Gasteiger partial charge in [0, 0.05) is 18.2 Å². The highest BCUT2D eigenvalue weighted by Crippen LogP contribution is 2.37. The molecule has 0 atom stereocenters. The molecule has 2 aliphatic rings. The topological polar surface area (TPSA) is 82.8 Å². The lowest BCUT2D eigenvalue weighted by atomic mass is 9.95. The molecular formula is C27H30N6O. The van der Waals surface area contributed by atoms with Gasteiger partial charge in [-0.15, -0.1) is 0 Å². The predicted molar refractivity (Wildman–Crippen MR) is 133 cm³/mol. The Hall–Kier alpha value is -3.37. The smallest absolute Gasteiger partial charge is 0.140 e. The van der Waals surface area contributed by atoms with E-state index in [2.05, 4.69) is 43.7 Å². The third-order valence-corrected chi connectivity index (χ3v) is 7.50. The van der Waals surface area contributed by atoms with Crippen LogP contribution in [0, 0.1) is 11.3 Å². The molecule has 1 saturated heterocycles. The van der Waals surface area contributed by atoms with Crippen LogP contribution < -0.4 is 4.74 Å². The van der Waals surface area contributed by atoms with Crippen molar-refractivity contribution >= 4 is 22.1 Å². The first-order valence-electron chi connectivity index (χ1n) is 12.5. The number of hydrogen-bond donors (Lipinski definition) is 1. The maximum atomic E-state index is 9.87. The van der Waals surface area contributed by atoms with Gasteiger partial charge < -0.3 is 14.3 Å². The van der Waals surface area contributed by atoms with Crippen LogP contribution in [0.5, 0.6) is 5.75 Å². The summed E-state index contributed by atoms with van der Waals surface area (Å²) in [5, 5.41) is 9.87. The molecule has 1 aliphatic carbocycles. The number of H-pyrrole nitrogens is 1. The SMILES string of the molecule is N#Cc1c(OCCN2CCCC2)cc(-c2ccc3c(c2)ncn3C2CCCCC2)c2nc[nH]c12. The molecule has 1 N–H and O–H groups in total. The summed E-state index contributed by atoms with van der Waals surface area (Å²) < 4.78 is 8.52. The Kier molecular flexibility index (Phi) is 5.68. The number of aromatic nitrogens is 4. The standard InChI is InChI=1S/C27H30N6O/c28-16-22-25(34-13-12-32-10-4-5-11-32)15-21(26-27(22)30-17-29-26)19-8-9-24-23(14-19)31-18-33(24)20-6-2-1-3-7-20/h8-9,14-15,17-18,20H,1-7,10-13H2,(H,29,30). The van der Waals surface area contributed by atoms with E-state index in [1.54, 1.807) is 6.33 Å². The number of benzene rings is 2. The van der Waals surface area contributed by atoms with Crippen molar-refractivity contribution < 1.29 is 4.74 Å². The van der Waals surface area contributed by atoms with Gasteiger partial charge in [0.2, 0.25) is 0 Å². The molecule has 2 aromatic carbocycles. The zero-order chi connectivity index (χ0) is 22.9. The monoisotopic (exact) mass is 454 g/mol. The van der Waals surface area contributed by atoms with E-state index in [1.807, 2.05) is 12.4 Å². The van der Waals surface area contributed by atoms with Gasteiger partial charge >= 0.3 is 0 Å². The fraction of sp³-hybridized carbons (Fsp3) is 0.444. The highest BCUT2D eigenvalue weighted by Gasteiger charge is 2.20. The first-order chi connectivity index (χ1) is 16.8. The molecule has 3 heterocycles. The van der Waals surface area contributed by atoms with Gasteiger partial charge in [-0.3, -0.25) is 4.90 Å². The van der Waals surface area contributed by atoms with Crippen LogP contribution in [0.1, 0.15) is 56.6 Å². The van der Waals surface area contributed by atoms with Gasteiger partial charge in [0.05, 0.1) is 34.7 Å². The van der Waals surface area contributed by atoms with E-state index < -0.39 is 0 Å². The summed E-state index contributed by atoms with van der Waals surface area (Å²) in [4.78, 5) is 14.9. The van der Waals surface area contributed by atoms with Crippen LogP contribution in [-0.2, 0) is 0 Å². The Labute approximate surface area is 199 Å². The molecule has 0 unspecified atom stereocenters. The molecule has 2 fully saturated rings. The normalized spacial score (nSPS) is 17.5. The maximum absolute atomic E-state index is 9.87. The molecule has 0 bridgehead atoms. The lowest BCUT2D eigenvalue weighted by Crippen LogP contribution is -2.25. The molecule has 6 rings (SSSR count). The summed E-state index contributed by atoms with van der Waals surface area (Å²) in [5.41, 5.74) is 6.20. The Balaban J connectivity index is 1.35. The Bertz CT molecular complexity index is 1350. The van der Waals surface area contributed by atoms with E-state index in [0.717, 1.165) is 47.3 Å². The molecule has 34 heavy (non-hydrogen) atoms. The van der Waals surface area contributed by atoms with Gasteiger partial charge in [0.25, 0.3) is 0 Å². The number of nitrogens with one attached hydrogen (secondary N) is 1. The molecule has 174 valence electrons. The van der Waals surface area contributed by atoms with E-state index in [4.69, 9.17) is 9.72 Å². The Morgan fingerprint density at radius 3 is 2.74 bits per heavy atom. The van der Waals surface area contributed by atoms with Gasteiger partial charge in [-0.05, 0) is 62.5 Å². The number of aromatic amines is 1. The molecule has 2 aromatic heterocycles. The van der Waals surface area contributed by atoms with Crippen molar-refractivity contribution in [3.63, 3.8) is 0 Å². The third-order valence-electron chi connectivity index (χ3n) is 7.50. The second-order valence-corrected chi connectivity index (χ2v) is 9.58. The second kappa shape index (κ2) is 9.11. The maximum Gasteiger partial charge on any atom is 0.140 e. The number of nitrogens with zero attached hydrogens (tertiary/aromatic N) is 5. The summed E-state index contributed by atoms with van der Waals surface area (Å²) in [7, 11) is 0. The fourth-order valence-corrected chi connectivity index (χ4v) is 5.67. The van der Waals surface area contributed by atoms with Crippen molar-refractivity contribution in [3.8, 4) is 22.9 Å². The highest BCUT2D eigenvalue weighted by molar-refractivity contribution is 5.98. The molecular weight excluding hydrogens is 424 g/mol. The van der Waals surface area contributed by atoms with Gasteiger partial charge in [0.15, 0.2) is 0 Å². The average Bonchev–Trinajstić information content (AvgIpc) is 3.64. The molecule has 0 spiro atoms. The van der Waals surface area contributed by atoms with Crippen molar-refractivity contribution in [2.45, 2.75) is 51.0 Å². The van der Waals surface area contributed by atoms with Gasteiger partial charge in [0.1, 0.15) is 24.0 Å². The summed E-state index contributed by atoms with van der Waals surface area (Å²) in [6, 6.07) is 11.3. The van der Waals surface area contributed by atoms with Crippen LogP contribution in [0.25, 0.3) is 33.2 Å². The zero-order valence-electron chi connectivity index (χ0n) is 19.5. The van der Waals surface area contributed by atoms with Crippen LogP contribution in [0.2, 0.25) is 0 Å². The first-order valence-corrected chi connectivity index (χ1v) is 12.5. The Morgan fingerprint density at radius 1 is 1.06 bits per heavy atom. The first kappa shape index (κ1) is 21.2. The summed E-state index contributed by atoms with van der Waals surface area (Å²) in [5.74, 6) is 0.612. The number of imidazole rings is 2. The van der Waals surface area contributed by atoms with Gasteiger partial charge in [-0.25, -0.2) is 9.97 Å². The lowest BCUT2D eigenvalue weighted by Gasteiger charge is -2.23. The molecule has 4 aromatic rings. The quantitative estimate of drug-likeness (QED) is 0.420. The molecule has 7 nitrogen and oxygen atoms in total. The Morgan fingerprint density at radius 2 is 1.91 bits per heavy atom. The minimum atomic E-state index is 0.514. The summed E-state index contributed by atoms with van der Waals surface area (Å²) >= 11 is 0. The van der Waals surface area contributed by atoms with E-state index in [0.29, 0.717) is 24.0 Å². The van der Waals surface area contributed by atoms with Crippen LogP contribution in [-0.4, -0.2) is 50.7 Å². The van der Waals surface area contributed by atoms with E-state index in [-0.39, 0.29) is 0 Å². The van der Waals surface area contributed by atoms with Crippen molar-refractivity contribution in [1.29, 1.82) is 5.26 Å². The number of rotatable bonds is 6. The van der Waals surface area contributed by atoms with E-state index in [9.17, 15) is 5.26 Å². The fourth-order valence-electron chi connectivity index (χ4n) is 5.67. The van der Waals surface area contributed by atoms with Crippen LogP contribution in [0.15, 0.2) is 36.9 Å². The molecule has 0 amide bonds. The minimum absolute atomic E-state index is 0.514. The van der Waals surface area contributed by atoms with E-state index >= 15 is 0 Å². The van der Waals surface area contributed by atoms with Crippen molar-refractivity contribution in [1.82, 2.24) is 24.4 Å². The van der Waals surface area contributed by atoms with Crippen molar-refractivity contribution in [2.75, 3.05) is 26.2 Å². The number of likely N-dealkylation sites (tertiary alicyclic amines) is 1. The van der Waals surface area contributed by atoms with Crippen LogP contribution in [0.4, 0.5) is 0 Å². The van der Waals surface area contributed by atoms with Gasteiger partial charge in [-0.2, -0.15) is 5.26 Å². The lowest BCUT2D eigenvalue weighted by molar-refractivity contribution is 0.237. The van der Waals surface area contributed by atoms with Crippen LogP contribution >= 0.6 is 0 Å². The largest absolute Gasteiger partial charge is 0.491 e. The summed E-state index contributed by atoms with van der Waals surface area (Å²) in [6.45, 7) is 3.71. The minimum Gasteiger partial charge on any atom is -0.491 e. The van der Waals surface area contributed by atoms with Crippen molar-refractivity contribution in [3.05, 3.63) is 42.5 Å². The van der Waals surface area contributed by atoms with E-state index in [1.165, 1.54) is 50.5 Å². The molecule has 7 heteroatoms.